The van der Waals surface area contributed by atoms with Gasteiger partial charge in [-0.25, -0.2) is 9.59 Å². The molecule has 0 bridgehead atoms. The number of hydrogen-bond donors (Lipinski definition) is 2. The quantitative estimate of drug-likeness (QED) is 0.751. The SMILES string of the molecule is O=C(NC(Cc1ccc(Cl)c(Br)c1)C(=O)O)OCc1ccccc1. The van der Waals surface area contributed by atoms with Crippen LogP contribution in [0.25, 0.3) is 0 Å². The summed E-state index contributed by atoms with van der Waals surface area (Å²) in [6.45, 7) is 0.0749. The number of ether oxygens (including phenoxy) is 1. The maximum absolute atomic E-state index is 11.8. The first-order chi connectivity index (χ1) is 11.5. The number of carboxylic acid groups (broad SMARTS) is 1. The van der Waals surface area contributed by atoms with E-state index in [4.69, 9.17) is 16.3 Å². The second kappa shape index (κ2) is 8.70. The molecule has 0 heterocycles. The van der Waals surface area contributed by atoms with E-state index in [-0.39, 0.29) is 13.0 Å². The molecule has 0 aliphatic carbocycles. The third-order valence-corrected chi connectivity index (χ3v) is 4.44. The lowest BCUT2D eigenvalue weighted by molar-refractivity contribution is -0.139. The average molecular weight is 413 g/mol. The van der Waals surface area contributed by atoms with Crippen LogP contribution in [-0.4, -0.2) is 23.2 Å². The highest BCUT2D eigenvalue weighted by atomic mass is 79.9. The Morgan fingerprint density at radius 3 is 2.50 bits per heavy atom. The van der Waals surface area contributed by atoms with Crippen molar-refractivity contribution in [3.05, 3.63) is 69.2 Å². The number of amides is 1. The molecule has 0 spiro atoms. The van der Waals surface area contributed by atoms with Gasteiger partial charge >= 0.3 is 12.1 Å². The fourth-order valence-corrected chi connectivity index (χ4v) is 2.55. The van der Waals surface area contributed by atoms with Gasteiger partial charge in [0.1, 0.15) is 12.6 Å². The fourth-order valence-electron chi connectivity index (χ4n) is 2.01. The van der Waals surface area contributed by atoms with Crippen molar-refractivity contribution in [2.75, 3.05) is 0 Å². The summed E-state index contributed by atoms with van der Waals surface area (Å²) >= 11 is 9.19. The summed E-state index contributed by atoms with van der Waals surface area (Å²) in [5.74, 6) is -1.14. The molecule has 24 heavy (non-hydrogen) atoms. The van der Waals surface area contributed by atoms with Crippen molar-refractivity contribution in [1.82, 2.24) is 5.32 Å². The Kier molecular flexibility index (Phi) is 6.63. The van der Waals surface area contributed by atoms with Crippen molar-refractivity contribution in [3.8, 4) is 0 Å². The largest absolute Gasteiger partial charge is 0.480 e. The fraction of sp³-hybridized carbons (Fsp3) is 0.176. The lowest BCUT2D eigenvalue weighted by atomic mass is 10.1. The minimum atomic E-state index is -1.14. The van der Waals surface area contributed by atoms with Gasteiger partial charge in [0.25, 0.3) is 0 Å². The molecule has 5 nitrogen and oxygen atoms in total. The van der Waals surface area contributed by atoms with Crippen LogP contribution in [0.2, 0.25) is 5.02 Å². The Labute approximate surface area is 152 Å². The summed E-state index contributed by atoms with van der Waals surface area (Å²) in [5.41, 5.74) is 1.54. The Balaban J connectivity index is 1.93. The Morgan fingerprint density at radius 1 is 1.17 bits per heavy atom. The number of carbonyl (C=O) groups excluding carboxylic acids is 1. The molecule has 1 unspecified atom stereocenters. The van der Waals surface area contributed by atoms with Crippen LogP contribution in [0.5, 0.6) is 0 Å². The van der Waals surface area contributed by atoms with E-state index in [9.17, 15) is 14.7 Å². The third-order valence-electron chi connectivity index (χ3n) is 3.23. The highest BCUT2D eigenvalue weighted by Gasteiger charge is 2.21. The molecule has 1 amide bonds. The lowest BCUT2D eigenvalue weighted by Crippen LogP contribution is -2.42. The number of halogens is 2. The van der Waals surface area contributed by atoms with Crippen molar-refractivity contribution < 1.29 is 19.4 Å². The monoisotopic (exact) mass is 411 g/mol. The maximum Gasteiger partial charge on any atom is 0.408 e. The molecule has 0 fully saturated rings. The second-order valence-electron chi connectivity index (χ2n) is 5.05. The minimum Gasteiger partial charge on any atom is -0.480 e. The summed E-state index contributed by atoms with van der Waals surface area (Å²) in [5, 5.41) is 12.2. The number of benzene rings is 2. The summed E-state index contributed by atoms with van der Waals surface area (Å²) in [6, 6.07) is 13.1. The number of hydrogen-bond acceptors (Lipinski definition) is 3. The van der Waals surface area contributed by atoms with Crippen LogP contribution < -0.4 is 5.32 Å². The van der Waals surface area contributed by atoms with Crippen molar-refractivity contribution >= 4 is 39.6 Å². The van der Waals surface area contributed by atoms with Gasteiger partial charge in [0.2, 0.25) is 0 Å². The average Bonchev–Trinajstić information content (AvgIpc) is 2.56. The molecule has 0 saturated heterocycles. The highest BCUT2D eigenvalue weighted by Crippen LogP contribution is 2.23. The Bertz CT molecular complexity index is 724. The Hall–Kier alpha value is -2.05. The van der Waals surface area contributed by atoms with Gasteiger partial charge in [-0.15, -0.1) is 0 Å². The first-order valence-electron chi connectivity index (χ1n) is 7.09. The normalized spacial score (nSPS) is 11.6. The summed E-state index contributed by atoms with van der Waals surface area (Å²) in [4.78, 5) is 23.2. The molecule has 7 heteroatoms. The number of aliphatic carboxylic acids is 1. The number of rotatable bonds is 6. The molecule has 2 rings (SSSR count). The molecule has 2 N–H and O–H groups in total. The number of alkyl carbamates (subject to hydrolysis) is 1. The predicted molar refractivity (Wildman–Crippen MR) is 94.0 cm³/mol. The van der Waals surface area contributed by atoms with E-state index in [0.717, 1.165) is 11.1 Å². The van der Waals surface area contributed by atoms with Gasteiger partial charge in [-0.3, -0.25) is 0 Å². The van der Waals surface area contributed by atoms with E-state index in [1.54, 1.807) is 18.2 Å². The van der Waals surface area contributed by atoms with Gasteiger partial charge in [0.05, 0.1) is 5.02 Å². The first-order valence-corrected chi connectivity index (χ1v) is 8.27. The van der Waals surface area contributed by atoms with Gasteiger partial charge in [-0.05, 0) is 39.2 Å². The van der Waals surface area contributed by atoms with Gasteiger partial charge in [-0.2, -0.15) is 0 Å². The van der Waals surface area contributed by atoms with Crippen molar-refractivity contribution in [2.45, 2.75) is 19.1 Å². The summed E-state index contributed by atoms with van der Waals surface area (Å²) < 4.78 is 5.71. The number of carbonyl (C=O) groups is 2. The first kappa shape index (κ1) is 18.3. The zero-order valence-electron chi connectivity index (χ0n) is 12.5. The zero-order valence-corrected chi connectivity index (χ0v) is 14.9. The van der Waals surface area contributed by atoms with Gasteiger partial charge in [0.15, 0.2) is 0 Å². The lowest BCUT2D eigenvalue weighted by Gasteiger charge is -2.15. The maximum atomic E-state index is 11.8. The molecule has 126 valence electrons. The van der Waals surface area contributed by atoms with Crippen molar-refractivity contribution in [3.63, 3.8) is 0 Å². The Morgan fingerprint density at radius 2 is 1.88 bits per heavy atom. The van der Waals surface area contributed by atoms with Crippen LogP contribution >= 0.6 is 27.5 Å². The van der Waals surface area contributed by atoms with E-state index in [0.29, 0.717) is 9.50 Å². The smallest absolute Gasteiger partial charge is 0.408 e. The van der Waals surface area contributed by atoms with Gasteiger partial charge < -0.3 is 15.2 Å². The highest BCUT2D eigenvalue weighted by molar-refractivity contribution is 9.10. The van der Waals surface area contributed by atoms with E-state index >= 15 is 0 Å². The standard InChI is InChI=1S/C17H15BrClNO4/c18-13-8-12(6-7-14(13)19)9-15(16(21)22)20-17(23)24-10-11-4-2-1-3-5-11/h1-8,15H,9-10H2,(H,20,23)(H,21,22). The molecule has 0 radical (unpaired) electrons. The zero-order chi connectivity index (χ0) is 17.5. The van der Waals surface area contributed by atoms with Crippen molar-refractivity contribution in [2.24, 2.45) is 0 Å². The molecular formula is C17H15BrClNO4. The molecule has 0 saturated carbocycles. The van der Waals surface area contributed by atoms with E-state index in [1.165, 1.54) is 0 Å². The summed E-state index contributed by atoms with van der Waals surface area (Å²) in [6.07, 6.45) is -0.662. The van der Waals surface area contributed by atoms with Crippen LogP contribution in [-0.2, 0) is 22.6 Å². The predicted octanol–water partition coefficient (Wildman–Crippen LogP) is 4.02. The second-order valence-corrected chi connectivity index (χ2v) is 6.31. The van der Waals surface area contributed by atoms with Gasteiger partial charge in [-0.1, -0.05) is 48.0 Å². The van der Waals surface area contributed by atoms with Crippen LogP contribution in [0.3, 0.4) is 0 Å². The number of nitrogens with one attached hydrogen (secondary N) is 1. The van der Waals surface area contributed by atoms with Crippen LogP contribution in [0.1, 0.15) is 11.1 Å². The molecular weight excluding hydrogens is 398 g/mol. The molecule has 0 aliphatic rings. The molecule has 2 aromatic carbocycles. The van der Waals surface area contributed by atoms with Crippen LogP contribution in [0.15, 0.2) is 53.0 Å². The topological polar surface area (TPSA) is 75.6 Å². The third kappa shape index (κ3) is 5.54. The molecule has 1 atom stereocenters. The van der Waals surface area contributed by atoms with E-state index in [2.05, 4.69) is 21.2 Å². The van der Waals surface area contributed by atoms with Crippen LogP contribution in [0.4, 0.5) is 4.79 Å². The molecule has 2 aromatic rings. The summed E-state index contributed by atoms with van der Waals surface area (Å²) in [7, 11) is 0. The number of carboxylic acids is 1. The van der Waals surface area contributed by atoms with E-state index in [1.807, 2.05) is 30.3 Å². The van der Waals surface area contributed by atoms with Crippen LogP contribution in [0, 0.1) is 0 Å². The molecule has 0 aliphatic heterocycles. The van der Waals surface area contributed by atoms with Gasteiger partial charge in [0, 0.05) is 10.9 Å². The molecule has 0 aromatic heterocycles. The van der Waals surface area contributed by atoms with E-state index < -0.39 is 18.1 Å². The van der Waals surface area contributed by atoms with Crippen molar-refractivity contribution in [1.29, 1.82) is 0 Å². The minimum absolute atomic E-state index is 0.0749.